The predicted octanol–water partition coefficient (Wildman–Crippen LogP) is 2.48. The molecule has 0 spiro atoms. The van der Waals surface area contributed by atoms with Gasteiger partial charge in [0.2, 0.25) is 6.79 Å². The molecule has 0 saturated carbocycles. The van der Waals surface area contributed by atoms with Crippen molar-refractivity contribution in [2.75, 3.05) is 17.4 Å². The molecular weight excluding hydrogens is 402 g/mol. The van der Waals surface area contributed by atoms with Crippen LogP contribution in [0.1, 0.15) is 20.7 Å². The maximum atomic E-state index is 12.7. The highest BCUT2D eigenvalue weighted by Gasteiger charge is 2.18. The first kappa shape index (κ1) is 18.4. The van der Waals surface area contributed by atoms with Crippen LogP contribution in [0.4, 0.5) is 11.4 Å². The number of benzene rings is 2. The molecule has 154 valence electrons. The molecule has 4 N–H and O–H groups in total. The Kier molecular flexibility index (Phi) is 4.36. The zero-order valence-electron chi connectivity index (χ0n) is 15.9. The highest BCUT2D eigenvalue weighted by atomic mass is 16.7. The van der Waals surface area contributed by atoms with E-state index in [0.717, 1.165) is 0 Å². The number of aromatic nitrogens is 3. The van der Waals surface area contributed by atoms with Crippen LogP contribution in [0, 0.1) is 0 Å². The third kappa shape index (κ3) is 3.46. The SMILES string of the molecule is O=C(Nc1cccc(NC(=O)c2c[nH]c3nc[nH]c(=O)c23)c1)c1ccc2c(c1)OCO2. The molecule has 1 aliphatic heterocycles. The average Bonchev–Trinajstić information content (AvgIpc) is 3.41. The molecule has 3 heterocycles. The van der Waals surface area contributed by atoms with Gasteiger partial charge in [-0.1, -0.05) is 6.07 Å². The number of hydrogen-bond acceptors (Lipinski definition) is 6. The molecule has 4 aromatic rings. The summed E-state index contributed by atoms with van der Waals surface area (Å²) in [5, 5.41) is 5.68. The fourth-order valence-corrected chi connectivity index (χ4v) is 3.26. The number of fused-ring (bicyclic) bond motifs is 2. The Bertz CT molecular complexity index is 1390. The summed E-state index contributed by atoms with van der Waals surface area (Å²) in [6.45, 7) is 0.126. The van der Waals surface area contributed by atoms with Gasteiger partial charge in [-0.05, 0) is 36.4 Å². The molecule has 0 radical (unpaired) electrons. The molecule has 31 heavy (non-hydrogen) atoms. The van der Waals surface area contributed by atoms with E-state index in [4.69, 9.17) is 9.47 Å². The van der Waals surface area contributed by atoms with Crippen molar-refractivity contribution >= 4 is 34.2 Å². The number of nitrogens with one attached hydrogen (secondary N) is 4. The second kappa shape index (κ2) is 7.34. The summed E-state index contributed by atoms with van der Waals surface area (Å²) in [4.78, 5) is 46.5. The summed E-state index contributed by atoms with van der Waals surface area (Å²) >= 11 is 0. The first-order chi connectivity index (χ1) is 15.1. The van der Waals surface area contributed by atoms with E-state index in [1.165, 1.54) is 12.5 Å². The van der Waals surface area contributed by atoms with Crippen LogP contribution in [0.15, 0.2) is 59.8 Å². The fourth-order valence-electron chi connectivity index (χ4n) is 3.26. The summed E-state index contributed by atoms with van der Waals surface area (Å²) in [6, 6.07) is 11.6. The van der Waals surface area contributed by atoms with Gasteiger partial charge in [0.25, 0.3) is 17.4 Å². The number of carbonyl (C=O) groups is 2. The number of rotatable bonds is 4. The number of amides is 2. The van der Waals surface area contributed by atoms with Gasteiger partial charge in [0.15, 0.2) is 11.5 Å². The normalized spacial score (nSPS) is 12.0. The predicted molar refractivity (Wildman–Crippen MR) is 112 cm³/mol. The molecular formula is C21H15N5O5. The average molecular weight is 417 g/mol. The van der Waals surface area contributed by atoms with Crippen LogP contribution < -0.4 is 25.7 Å². The van der Waals surface area contributed by atoms with Gasteiger partial charge in [0.1, 0.15) is 5.65 Å². The highest BCUT2D eigenvalue weighted by molar-refractivity contribution is 6.12. The fraction of sp³-hybridized carbons (Fsp3) is 0.0476. The van der Waals surface area contributed by atoms with Crippen molar-refractivity contribution in [1.82, 2.24) is 15.0 Å². The van der Waals surface area contributed by atoms with E-state index in [0.29, 0.717) is 34.1 Å². The second-order valence-corrected chi connectivity index (χ2v) is 6.71. The number of anilines is 2. The molecule has 0 fully saturated rings. The van der Waals surface area contributed by atoms with Crippen molar-refractivity contribution < 1.29 is 19.1 Å². The first-order valence-electron chi connectivity index (χ1n) is 9.26. The third-order valence-electron chi connectivity index (χ3n) is 4.73. The van der Waals surface area contributed by atoms with Crippen molar-refractivity contribution in [3.05, 3.63) is 76.5 Å². The molecule has 0 bridgehead atoms. The molecule has 0 saturated heterocycles. The smallest absolute Gasteiger partial charge is 0.261 e. The van der Waals surface area contributed by atoms with Crippen molar-refractivity contribution in [3.63, 3.8) is 0 Å². The number of H-pyrrole nitrogens is 2. The lowest BCUT2D eigenvalue weighted by molar-refractivity contribution is 0.102. The van der Waals surface area contributed by atoms with Gasteiger partial charge in [-0.15, -0.1) is 0 Å². The van der Waals surface area contributed by atoms with Gasteiger partial charge in [0, 0.05) is 23.1 Å². The lowest BCUT2D eigenvalue weighted by atomic mass is 10.1. The van der Waals surface area contributed by atoms with Crippen LogP contribution in [-0.4, -0.2) is 33.6 Å². The largest absolute Gasteiger partial charge is 0.454 e. The van der Waals surface area contributed by atoms with Crippen LogP contribution in [-0.2, 0) is 0 Å². The lowest BCUT2D eigenvalue weighted by Crippen LogP contribution is -2.16. The van der Waals surface area contributed by atoms with Crippen LogP contribution >= 0.6 is 0 Å². The Labute approximate surface area is 174 Å². The zero-order chi connectivity index (χ0) is 21.4. The highest BCUT2D eigenvalue weighted by Crippen LogP contribution is 2.32. The molecule has 5 rings (SSSR count). The minimum absolute atomic E-state index is 0.126. The molecule has 0 aliphatic carbocycles. The summed E-state index contributed by atoms with van der Waals surface area (Å²) in [5.41, 5.74) is 1.41. The summed E-state index contributed by atoms with van der Waals surface area (Å²) in [7, 11) is 0. The summed E-state index contributed by atoms with van der Waals surface area (Å²) in [6.07, 6.45) is 2.68. The Morgan fingerprint density at radius 1 is 0.935 bits per heavy atom. The zero-order valence-corrected chi connectivity index (χ0v) is 15.9. The van der Waals surface area contributed by atoms with E-state index >= 15 is 0 Å². The van der Waals surface area contributed by atoms with Gasteiger partial charge in [-0.3, -0.25) is 14.4 Å². The van der Waals surface area contributed by atoms with Crippen molar-refractivity contribution in [1.29, 1.82) is 0 Å². The molecule has 1 aliphatic rings. The molecule has 0 atom stereocenters. The van der Waals surface area contributed by atoms with Crippen molar-refractivity contribution in [3.8, 4) is 11.5 Å². The number of carbonyl (C=O) groups excluding carboxylic acids is 2. The molecule has 2 aromatic carbocycles. The number of ether oxygens (including phenoxy) is 2. The van der Waals surface area contributed by atoms with Gasteiger partial charge in [-0.2, -0.15) is 0 Å². The minimum atomic E-state index is -0.482. The van der Waals surface area contributed by atoms with E-state index in [1.54, 1.807) is 42.5 Å². The van der Waals surface area contributed by atoms with Crippen LogP contribution in [0.5, 0.6) is 11.5 Å². The quantitative estimate of drug-likeness (QED) is 0.402. The van der Waals surface area contributed by atoms with Gasteiger partial charge < -0.3 is 30.1 Å². The monoisotopic (exact) mass is 417 g/mol. The first-order valence-corrected chi connectivity index (χ1v) is 9.26. The molecule has 0 unspecified atom stereocenters. The van der Waals surface area contributed by atoms with E-state index in [1.807, 2.05) is 0 Å². The summed E-state index contributed by atoms with van der Waals surface area (Å²) in [5.74, 6) is 0.282. The topological polar surface area (TPSA) is 138 Å². The molecule has 2 aromatic heterocycles. The number of nitrogens with zero attached hydrogens (tertiary/aromatic N) is 1. The van der Waals surface area contributed by atoms with Crippen LogP contribution in [0.25, 0.3) is 11.0 Å². The minimum Gasteiger partial charge on any atom is -0.454 e. The Hall–Kier alpha value is -4.60. The van der Waals surface area contributed by atoms with Gasteiger partial charge in [0.05, 0.1) is 17.3 Å². The van der Waals surface area contributed by atoms with Crippen molar-refractivity contribution in [2.24, 2.45) is 0 Å². The Morgan fingerprint density at radius 3 is 2.55 bits per heavy atom. The van der Waals surface area contributed by atoms with Crippen molar-refractivity contribution in [2.45, 2.75) is 0 Å². The third-order valence-corrected chi connectivity index (χ3v) is 4.73. The standard InChI is InChI=1S/C21H15N5O5/c27-19(11-4-5-15-16(6-11)31-10-30-15)25-12-2-1-3-13(7-12)26-20(28)14-8-22-18-17(14)21(29)24-9-23-18/h1-9H,10H2,(H,25,27)(H,26,28)(H2,22,23,24,29). The Morgan fingerprint density at radius 2 is 1.71 bits per heavy atom. The molecule has 10 nitrogen and oxygen atoms in total. The van der Waals surface area contributed by atoms with Gasteiger partial charge >= 0.3 is 0 Å². The van der Waals surface area contributed by atoms with E-state index in [2.05, 4.69) is 25.6 Å². The number of hydrogen-bond donors (Lipinski definition) is 4. The molecule has 2 amide bonds. The lowest BCUT2D eigenvalue weighted by Gasteiger charge is -2.09. The molecule has 10 heteroatoms. The maximum absolute atomic E-state index is 12.7. The van der Waals surface area contributed by atoms with Crippen LogP contribution in [0.3, 0.4) is 0 Å². The summed E-state index contributed by atoms with van der Waals surface area (Å²) < 4.78 is 10.5. The van der Waals surface area contributed by atoms with Crippen LogP contribution in [0.2, 0.25) is 0 Å². The van der Waals surface area contributed by atoms with E-state index in [-0.39, 0.29) is 23.6 Å². The van der Waals surface area contributed by atoms with Gasteiger partial charge in [-0.25, -0.2) is 4.98 Å². The maximum Gasteiger partial charge on any atom is 0.261 e. The van der Waals surface area contributed by atoms with E-state index < -0.39 is 11.5 Å². The van der Waals surface area contributed by atoms with E-state index in [9.17, 15) is 14.4 Å². The Balaban J connectivity index is 1.33. The number of aromatic amines is 2. The second-order valence-electron chi connectivity index (χ2n) is 6.71.